The molecule has 0 atom stereocenters. The molecule has 0 unspecified atom stereocenters. The zero-order valence-corrected chi connectivity index (χ0v) is 8.31. The SMILES string of the molecule is CC(=O)c1cc2c(cc1Cl)NC(=O)C2. The summed E-state index contributed by atoms with van der Waals surface area (Å²) >= 11 is 5.88. The minimum Gasteiger partial charge on any atom is -0.325 e. The Morgan fingerprint density at radius 1 is 1.50 bits per heavy atom. The minimum atomic E-state index is -0.0860. The van der Waals surface area contributed by atoms with Gasteiger partial charge in [-0.3, -0.25) is 9.59 Å². The molecule has 0 radical (unpaired) electrons. The third kappa shape index (κ3) is 1.40. The molecule has 1 aromatic rings. The molecule has 2 rings (SSSR count). The smallest absolute Gasteiger partial charge is 0.228 e. The van der Waals surface area contributed by atoms with E-state index in [9.17, 15) is 9.59 Å². The predicted octanol–water partition coefficient (Wildman–Crippen LogP) is 2.04. The van der Waals surface area contributed by atoms with Gasteiger partial charge in [0.2, 0.25) is 5.91 Å². The number of rotatable bonds is 1. The fourth-order valence-corrected chi connectivity index (χ4v) is 1.81. The first-order chi connectivity index (χ1) is 6.58. The monoisotopic (exact) mass is 209 g/mol. The van der Waals surface area contributed by atoms with Gasteiger partial charge in [0.05, 0.1) is 11.4 Å². The first-order valence-corrected chi connectivity index (χ1v) is 4.59. The van der Waals surface area contributed by atoms with Gasteiger partial charge in [-0.05, 0) is 24.6 Å². The van der Waals surface area contributed by atoms with E-state index >= 15 is 0 Å². The molecule has 1 aliphatic rings. The Morgan fingerprint density at radius 3 is 2.86 bits per heavy atom. The molecule has 1 heterocycles. The lowest BCUT2D eigenvalue weighted by Gasteiger charge is -2.03. The highest BCUT2D eigenvalue weighted by Gasteiger charge is 2.20. The van der Waals surface area contributed by atoms with Crippen molar-refractivity contribution in [3.05, 3.63) is 28.3 Å². The number of fused-ring (bicyclic) bond motifs is 1. The van der Waals surface area contributed by atoms with Crippen molar-refractivity contribution in [2.24, 2.45) is 0 Å². The van der Waals surface area contributed by atoms with Crippen LogP contribution >= 0.6 is 11.6 Å². The van der Waals surface area contributed by atoms with Gasteiger partial charge in [0.25, 0.3) is 0 Å². The normalized spacial score (nSPS) is 13.7. The van der Waals surface area contributed by atoms with Crippen LogP contribution in [0, 0.1) is 0 Å². The molecule has 1 N–H and O–H groups in total. The van der Waals surface area contributed by atoms with E-state index in [2.05, 4.69) is 5.32 Å². The van der Waals surface area contributed by atoms with Gasteiger partial charge in [-0.1, -0.05) is 11.6 Å². The third-order valence-electron chi connectivity index (χ3n) is 2.20. The molecule has 0 fully saturated rings. The van der Waals surface area contributed by atoms with Crippen LogP contribution in [0.2, 0.25) is 5.02 Å². The second kappa shape index (κ2) is 3.10. The van der Waals surface area contributed by atoms with Crippen LogP contribution in [0.1, 0.15) is 22.8 Å². The van der Waals surface area contributed by atoms with E-state index in [1.54, 1.807) is 12.1 Å². The number of nitrogens with one attached hydrogen (secondary N) is 1. The lowest BCUT2D eigenvalue weighted by Crippen LogP contribution is -2.03. The molecule has 1 amide bonds. The Bertz CT molecular complexity index is 440. The molecule has 1 aromatic carbocycles. The maximum Gasteiger partial charge on any atom is 0.228 e. The van der Waals surface area contributed by atoms with E-state index in [0.717, 1.165) is 5.56 Å². The summed E-state index contributed by atoms with van der Waals surface area (Å²) in [5, 5.41) is 3.06. The Balaban J connectivity index is 2.55. The van der Waals surface area contributed by atoms with E-state index in [0.29, 0.717) is 22.7 Å². The number of hydrogen-bond acceptors (Lipinski definition) is 2. The number of ketones is 1. The molecule has 0 saturated carbocycles. The number of halogens is 1. The highest BCUT2D eigenvalue weighted by atomic mass is 35.5. The second-order valence-electron chi connectivity index (χ2n) is 3.27. The summed E-state index contributed by atoms with van der Waals surface area (Å²) < 4.78 is 0. The Hall–Kier alpha value is -1.35. The first kappa shape index (κ1) is 9.21. The van der Waals surface area contributed by atoms with Crippen molar-refractivity contribution in [1.82, 2.24) is 0 Å². The summed E-state index contributed by atoms with van der Waals surface area (Å²) in [6, 6.07) is 3.30. The molecule has 0 saturated heterocycles. The molecule has 0 aliphatic carbocycles. The largest absolute Gasteiger partial charge is 0.325 e. The lowest BCUT2D eigenvalue weighted by molar-refractivity contribution is -0.115. The molecule has 0 aromatic heterocycles. The highest BCUT2D eigenvalue weighted by Crippen LogP contribution is 2.29. The maximum atomic E-state index is 11.2. The van der Waals surface area contributed by atoms with Crippen LogP contribution in [0.15, 0.2) is 12.1 Å². The third-order valence-corrected chi connectivity index (χ3v) is 2.51. The van der Waals surface area contributed by atoms with Gasteiger partial charge in [0.1, 0.15) is 0 Å². The summed E-state index contributed by atoms with van der Waals surface area (Å²) in [5.74, 6) is -0.145. The van der Waals surface area contributed by atoms with E-state index in [-0.39, 0.29) is 11.7 Å². The Labute approximate surface area is 86.1 Å². The fraction of sp³-hybridized carbons (Fsp3) is 0.200. The first-order valence-electron chi connectivity index (χ1n) is 4.21. The van der Waals surface area contributed by atoms with E-state index in [1.807, 2.05) is 0 Å². The fourth-order valence-electron chi connectivity index (χ4n) is 1.52. The number of hydrogen-bond donors (Lipinski definition) is 1. The van der Waals surface area contributed by atoms with Gasteiger partial charge in [-0.15, -0.1) is 0 Å². The zero-order chi connectivity index (χ0) is 10.3. The van der Waals surface area contributed by atoms with Gasteiger partial charge in [0, 0.05) is 11.3 Å². The van der Waals surface area contributed by atoms with Crippen LogP contribution in [0.3, 0.4) is 0 Å². The van der Waals surface area contributed by atoms with Gasteiger partial charge in [-0.2, -0.15) is 0 Å². The minimum absolute atomic E-state index is 0.0585. The predicted molar refractivity (Wildman–Crippen MR) is 53.8 cm³/mol. The second-order valence-corrected chi connectivity index (χ2v) is 3.68. The number of carbonyl (C=O) groups is 2. The molecule has 1 aliphatic heterocycles. The Morgan fingerprint density at radius 2 is 2.21 bits per heavy atom. The topological polar surface area (TPSA) is 46.2 Å². The highest BCUT2D eigenvalue weighted by molar-refractivity contribution is 6.34. The van der Waals surface area contributed by atoms with Gasteiger partial charge in [-0.25, -0.2) is 0 Å². The standard InChI is InChI=1S/C10H8ClNO2/c1-5(13)7-2-6-3-10(14)12-9(6)4-8(7)11/h2,4H,3H2,1H3,(H,12,14). The molecule has 14 heavy (non-hydrogen) atoms. The van der Waals surface area contributed by atoms with Crippen molar-refractivity contribution in [1.29, 1.82) is 0 Å². The van der Waals surface area contributed by atoms with Crippen LogP contribution in [0.25, 0.3) is 0 Å². The molecule has 3 nitrogen and oxygen atoms in total. The van der Waals surface area contributed by atoms with Gasteiger partial charge >= 0.3 is 0 Å². The molecular weight excluding hydrogens is 202 g/mol. The van der Waals surface area contributed by atoms with Crippen LogP contribution < -0.4 is 5.32 Å². The van der Waals surface area contributed by atoms with E-state index < -0.39 is 0 Å². The van der Waals surface area contributed by atoms with E-state index in [4.69, 9.17) is 11.6 Å². The zero-order valence-electron chi connectivity index (χ0n) is 7.56. The summed E-state index contributed by atoms with van der Waals surface area (Å²) in [5.41, 5.74) is 2.02. The molecule has 4 heteroatoms. The van der Waals surface area contributed by atoms with Gasteiger partial charge in [0.15, 0.2) is 5.78 Å². The molecular formula is C10H8ClNO2. The summed E-state index contributed by atoms with van der Waals surface area (Å²) in [7, 11) is 0. The van der Waals surface area contributed by atoms with Crippen LogP contribution in [0.5, 0.6) is 0 Å². The molecule has 72 valence electrons. The maximum absolute atomic E-state index is 11.2. The summed E-state index contributed by atoms with van der Waals surface area (Å²) in [6.45, 7) is 1.46. The van der Waals surface area contributed by atoms with Gasteiger partial charge < -0.3 is 5.32 Å². The summed E-state index contributed by atoms with van der Waals surface area (Å²) in [6.07, 6.45) is 0.326. The van der Waals surface area contributed by atoms with Crippen molar-refractivity contribution >= 4 is 29.0 Å². The summed E-state index contributed by atoms with van der Waals surface area (Å²) in [4.78, 5) is 22.2. The van der Waals surface area contributed by atoms with Crippen molar-refractivity contribution in [3.63, 3.8) is 0 Å². The van der Waals surface area contributed by atoms with Crippen molar-refractivity contribution in [2.45, 2.75) is 13.3 Å². The van der Waals surface area contributed by atoms with Crippen LogP contribution in [-0.2, 0) is 11.2 Å². The molecule has 0 spiro atoms. The molecule has 0 bridgehead atoms. The number of amides is 1. The van der Waals surface area contributed by atoms with Crippen molar-refractivity contribution < 1.29 is 9.59 Å². The van der Waals surface area contributed by atoms with E-state index in [1.165, 1.54) is 6.92 Å². The Kier molecular flexibility index (Phi) is 2.04. The number of carbonyl (C=O) groups excluding carboxylic acids is 2. The number of anilines is 1. The number of Topliss-reactive ketones (excluding diaryl/α,β-unsaturated/α-hetero) is 1. The quantitative estimate of drug-likeness (QED) is 0.720. The average molecular weight is 210 g/mol. The van der Waals surface area contributed by atoms with Crippen LogP contribution in [-0.4, -0.2) is 11.7 Å². The lowest BCUT2D eigenvalue weighted by atomic mass is 10.1. The number of benzene rings is 1. The van der Waals surface area contributed by atoms with Crippen molar-refractivity contribution in [3.8, 4) is 0 Å². The van der Waals surface area contributed by atoms with Crippen molar-refractivity contribution in [2.75, 3.05) is 5.32 Å². The van der Waals surface area contributed by atoms with Crippen LogP contribution in [0.4, 0.5) is 5.69 Å². The average Bonchev–Trinajstić information content (AvgIpc) is 2.42.